The van der Waals surface area contributed by atoms with Crippen molar-refractivity contribution < 1.29 is 13.9 Å². The van der Waals surface area contributed by atoms with Crippen molar-refractivity contribution in [3.8, 4) is 11.1 Å². The van der Waals surface area contributed by atoms with E-state index in [-0.39, 0.29) is 18.3 Å². The summed E-state index contributed by atoms with van der Waals surface area (Å²) in [6, 6.07) is 10.7. The minimum atomic E-state index is -0.233. The van der Waals surface area contributed by atoms with E-state index in [0.29, 0.717) is 5.92 Å². The Morgan fingerprint density at radius 2 is 1.88 bits per heavy atom. The van der Waals surface area contributed by atoms with Crippen LogP contribution in [0.15, 0.2) is 36.4 Å². The van der Waals surface area contributed by atoms with Gasteiger partial charge < -0.3 is 9.64 Å². The molecule has 0 bridgehead atoms. The zero-order chi connectivity index (χ0) is 17.8. The number of hydrogen-bond donors (Lipinski definition) is 0. The van der Waals surface area contributed by atoms with Gasteiger partial charge in [-0.05, 0) is 55.2 Å². The maximum absolute atomic E-state index is 13.2. The van der Waals surface area contributed by atoms with Crippen LogP contribution in [-0.4, -0.2) is 42.6 Å². The summed E-state index contributed by atoms with van der Waals surface area (Å²) in [6.07, 6.45) is 1.80. The molecule has 4 nitrogen and oxygen atoms in total. The van der Waals surface area contributed by atoms with Crippen molar-refractivity contribution in [1.29, 1.82) is 0 Å². The summed E-state index contributed by atoms with van der Waals surface area (Å²) in [7, 11) is 1.54. The number of likely N-dealkylation sites (tertiary alicyclic amines) is 1. The zero-order valence-electron chi connectivity index (χ0n) is 14.7. The molecule has 0 atom stereocenters. The van der Waals surface area contributed by atoms with Crippen LogP contribution in [0.2, 0.25) is 0 Å². The van der Waals surface area contributed by atoms with E-state index in [1.165, 1.54) is 19.2 Å². The summed E-state index contributed by atoms with van der Waals surface area (Å²) in [6.45, 7) is 3.58. The largest absolute Gasteiger partial charge is 0.375 e. The van der Waals surface area contributed by atoms with Crippen LogP contribution in [-0.2, 0) is 9.53 Å². The molecule has 5 heteroatoms. The van der Waals surface area contributed by atoms with Crippen LogP contribution in [0, 0.1) is 12.7 Å². The summed E-state index contributed by atoms with van der Waals surface area (Å²) >= 11 is 0. The summed E-state index contributed by atoms with van der Waals surface area (Å²) in [5, 5.41) is 0. The zero-order valence-corrected chi connectivity index (χ0v) is 14.7. The van der Waals surface area contributed by atoms with E-state index in [1.807, 2.05) is 17.9 Å². The van der Waals surface area contributed by atoms with Crippen LogP contribution in [0.25, 0.3) is 11.1 Å². The topological polar surface area (TPSA) is 42.4 Å². The predicted molar refractivity (Wildman–Crippen MR) is 94.8 cm³/mol. The highest BCUT2D eigenvalue weighted by molar-refractivity contribution is 5.77. The number of methoxy groups -OCH3 is 1. The van der Waals surface area contributed by atoms with Gasteiger partial charge in [0.25, 0.3) is 0 Å². The standard InChI is InChI=1S/C20H23FN2O2/c1-14-11-17(15-3-5-18(21)6-4-15)12-19(22-14)16-7-9-23(10-8-16)20(24)13-25-2/h3-6,11-12,16H,7-10,13H2,1-2H3. The molecule has 0 radical (unpaired) electrons. The highest BCUT2D eigenvalue weighted by atomic mass is 19.1. The van der Waals surface area contributed by atoms with Crippen LogP contribution in [0.5, 0.6) is 0 Å². The van der Waals surface area contributed by atoms with Gasteiger partial charge in [0.05, 0.1) is 0 Å². The van der Waals surface area contributed by atoms with Gasteiger partial charge in [0, 0.05) is 37.5 Å². The minimum absolute atomic E-state index is 0.0464. The number of ether oxygens (including phenoxy) is 1. The van der Waals surface area contributed by atoms with Crippen molar-refractivity contribution in [2.45, 2.75) is 25.7 Å². The van der Waals surface area contributed by atoms with E-state index in [9.17, 15) is 9.18 Å². The van der Waals surface area contributed by atoms with Crippen LogP contribution < -0.4 is 0 Å². The van der Waals surface area contributed by atoms with Crippen molar-refractivity contribution in [3.63, 3.8) is 0 Å². The monoisotopic (exact) mass is 342 g/mol. The van der Waals surface area contributed by atoms with Crippen molar-refractivity contribution in [3.05, 3.63) is 53.6 Å². The van der Waals surface area contributed by atoms with Gasteiger partial charge in [0.15, 0.2) is 0 Å². The lowest BCUT2D eigenvalue weighted by Gasteiger charge is -2.32. The van der Waals surface area contributed by atoms with Gasteiger partial charge in [0.1, 0.15) is 12.4 Å². The SMILES string of the molecule is COCC(=O)N1CCC(c2cc(-c3ccc(F)cc3)cc(C)n2)CC1. The lowest BCUT2D eigenvalue weighted by molar-refractivity contribution is -0.136. The van der Waals surface area contributed by atoms with Gasteiger partial charge in [-0.2, -0.15) is 0 Å². The highest BCUT2D eigenvalue weighted by Crippen LogP contribution is 2.30. The maximum atomic E-state index is 13.2. The van der Waals surface area contributed by atoms with Gasteiger partial charge in [-0.3, -0.25) is 9.78 Å². The molecule has 1 amide bonds. The average Bonchev–Trinajstić information content (AvgIpc) is 2.62. The molecular formula is C20H23FN2O2. The number of nitrogens with zero attached hydrogens (tertiary/aromatic N) is 2. The summed E-state index contributed by atoms with van der Waals surface area (Å²) < 4.78 is 18.1. The molecule has 0 aliphatic carbocycles. The molecule has 1 aliphatic heterocycles. The molecule has 2 heterocycles. The van der Waals surface area contributed by atoms with E-state index >= 15 is 0 Å². The number of carbonyl (C=O) groups is 1. The van der Waals surface area contributed by atoms with Gasteiger partial charge in [-0.25, -0.2) is 4.39 Å². The first-order valence-corrected chi connectivity index (χ1v) is 8.58. The molecule has 0 N–H and O–H groups in total. The first kappa shape index (κ1) is 17.5. The summed E-state index contributed by atoms with van der Waals surface area (Å²) in [5.74, 6) is 0.152. The Bertz CT molecular complexity index is 738. The Labute approximate surface area is 147 Å². The van der Waals surface area contributed by atoms with Gasteiger partial charge in [-0.1, -0.05) is 12.1 Å². The quantitative estimate of drug-likeness (QED) is 0.853. The van der Waals surface area contributed by atoms with Gasteiger partial charge >= 0.3 is 0 Å². The molecule has 1 aromatic carbocycles. The second-order valence-corrected chi connectivity index (χ2v) is 6.52. The third-order valence-electron chi connectivity index (χ3n) is 4.68. The number of rotatable bonds is 4. The van der Waals surface area contributed by atoms with Crippen LogP contribution in [0.3, 0.4) is 0 Å². The Kier molecular flexibility index (Phi) is 5.43. The third kappa shape index (κ3) is 4.23. The van der Waals surface area contributed by atoms with Gasteiger partial charge in [0.2, 0.25) is 5.91 Å². The molecular weight excluding hydrogens is 319 g/mol. The summed E-state index contributed by atoms with van der Waals surface area (Å²) in [5.41, 5.74) is 4.05. The molecule has 0 spiro atoms. The van der Waals surface area contributed by atoms with E-state index in [2.05, 4.69) is 6.07 Å². The predicted octanol–water partition coefficient (Wildman–Crippen LogP) is 3.55. The maximum Gasteiger partial charge on any atom is 0.248 e. The van der Waals surface area contributed by atoms with E-state index < -0.39 is 0 Å². The second kappa shape index (κ2) is 7.74. The van der Waals surface area contributed by atoms with Crippen LogP contribution in [0.4, 0.5) is 4.39 Å². The Balaban J connectivity index is 1.75. The number of aryl methyl sites for hydroxylation is 1. The molecule has 1 aromatic heterocycles. The molecule has 3 rings (SSSR count). The fourth-order valence-electron chi connectivity index (χ4n) is 3.35. The minimum Gasteiger partial charge on any atom is -0.375 e. The first-order chi connectivity index (χ1) is 12.1. The Morgan fingerprint density at radius 1 is 1.20 bits per heavy atom. The highest BCUT2D eigenvalue weighted by Gasteiger charge is 2.24. The number of hydrogen-bond acceptors (Lipinski definition) is 3. The molecule has 0 saturated carbocycles. The fraction of sp³-hybridized carbons (Fsp3) is 0.400. The number of piperidine rings is 1. The third-order valence-corrected chi connectivity index (χ3v) is 4.68. The molecule has 2 aromatic rings. The van der Waals surface area contributed by atoms with Gasteiger partial charge in [-0.15, -0.1) is 0 Å². The fourth-order valence-corrected chi connectivity index (χ4v) is 3.35. The Morgan fingerprint density at radius 3 is 2.52 bits per heavy atom. The Hall–Kier alpha value is -2.27. The number of carbonyl (C=O) groups excluding carboxylic acids is 1. The molecule has 1 aliphatic rings. The van der Waals surface area contributed by atoms with Crippen molar-refractivity contribution in [1.82, 2.24) is 9.88 Å². The average molecular weight is 342 g/mol. The number of pyridine rings is 1. The van der Waals surface area contributed by atoms with Crippen molar-refractivity contribution in [2.75, 3.05) is 26.8 Å². The molecule has 132 valence electrons. The summed E-state index contributed by atoms with van der Waals surface area (Å²) in [4.78, 5) is 18.5. The molecule has 25 heavy (non-hydrogen) atoms. The van der Waals surface area contributed by atoms with E-state index in [4.69, 9.17) is 9.72 Å². The molecule has 0 unspecified atom stereocenters. The smallest absolute Gasteiger partial charge is 0.248 e. The molecule has 1 saturated heterocycles. The number of amides is 1. The first-order valence-electron chi connectivity index (χ1n) is 8.58. The van der Waals surface area contributed by atoms with E-state index in [0.717, 1.165) is 48.4 Å². The number of aromatic nitrogens is 1. The second-order valence-electron chi connectivity index (χ2n) is 6.52. The normalized spacial score (nSPS) is 15.4. The number of halogens is 1. The van der Waals surface area contributed by atoms with Crippen molar-refractivity contribution in [2.24, 2.45) is 0 Å². The van der Waals surface area contributed by atoms with Crippen LogP contribution in [0.1, 0.15) is 30.1 Å². The van der Waals surface area contributed by atoms with E-state index in [1.54, 1.807) is 12.1 Å². The van der Waals surface area contributed by atoms with Crippen LogP contribution >= 0.6 is 0 Å². The number of benzene rings is 1. The lowest BCUT2D eigenvalue weighted by Crippen LogP contribution is -2.39. The lowest BCUT2D eigenvalue weighted by atomic mass is 9.91. The van der Waals surface area contributed by atoms with Crippen molar-refractivity contribution >= 4 is 5.91 Å². The molecule has 1 fully saturated rings.